The lowest BCUT2D eigenvalue weighted by Crippen LogP contribution is -2.58. The van der Waals surface area contributed by atoms with Crippen molar-refractivity contribution in [3.05, 3.63) is 29.3 Å². The van der Waals surface area contributed by atoms with E-state index in [2.05, 4.69) is 24.1 Å². The third kappa shape index (κ3) is 3.87. The quantitative estimate of drug-likeness (QED) is 0.630. The van der Waals surface area contributed by atoms with Gasteiger partial charge in [0.25, 0.3) is 0 Å². The lowest BCUT2D eigenvalue weighted by atomic mass is 10.2. The van der Waals surface area contributed by atoms with Gasteiger partial charge in [-0.15, -0.1) is 0 Å². The molecule has 1 aliphatic rings. The van der Waals surface area contributed by atoms with E-state index >= 15 is 0 Å². The number of methoxy groups -OCH3 is 1. The number of anilines is 1. The molecule has 1 aromatic rings. The molecule has 4 nitrogen and oxygen atoms in total. The molecule has 0 spiro atoms. The van der Waals surface area contributed by atoms with Crippen molar-refractivity contribution in [3.8, 4) is 0 Å². The highest BCUT2D eigenvalue weighted by Crippen LogP contribution is 2.21. The molecule has 1 aromatic carbocycles. The number of carbonyl (C=O) groups excluding carboxylic acids is 1. The highest BCUT2D eigenvalue weighted by Gasteiger charge is 2.29. The number of quaternary nitrogens is 1. The third-order valence-electron chi connectivity index (χ3n) is 4.09. The second-order valence-electron chi connectivity index (χ2n) is 5.58. The average molecular weight is 298 g/mol. The summed E-state index contributed by atoms with van der Waals surface area (Å²) in [5.41, 5.74) is 1.22. The number of ether oxygens (including phenoxy) is 1. The summed E-state index contributed by atoms with van der Waals surface area (Å²) in [5.74, 6) is -0.121. The first-order valence-corrected chi connectivity index (χ1v) is 7.31. The van der Waals surface area contributed by atoms with Crippen molar-refractivity contribution in [1.82, 2.24) is 0 Å². The largest absolute Gasteiger partial charge is 0.469 e. The highest BCUT2D eigenvalue weighted by molar-refractivity contribution is 6.30. The number of benzene rings is 1. The number of hydrogen-bond acceptors (Lipinski definition) is 3. The fraction of sp³-hybridized carbons (Fsp3) is 0.533. The van der Waals surface area contributed by atoms with Crippen LogP contribution in [0.4, 0.5) is 5.69 Å². The molecule has 1 saturated heterocycles. The summed E-state index contributed by atoms with van der Waals surface area (Å²) in [5, 5.41) is 0.768. The van der Waals surface area contributed by atoms with Crippen molar-refractivity contribution in [2.75, 3.05) is 51.8 Å². The summed E-state index contributed by atoms with van der Waals surface area (Å²) in [6.45, 7) is 4.93. The zero-order chi connectivity index (χ0) is 14.6. The third-order valence-corrected chi connectivity index (χ3v) is 4.35. The minimum Gasteiger partial charge on any atom is -0.469 e. The Morgan fingerprint density at radius 2 is 1.90 bits per heavy atom. The van der Waals surface area contributed by atoms with E-state index in [1.165, 1.54) is 12.8 Å². The van der Waals surface area contributed by atoms with Crippen molar-refractivity contribution >= 4 is 23.3 Å². The normalized spacial score (nSPS) is 17.9. The Bertz CT molecular complexity index is 453. The summed E-state index contributed by atoms with van der Waals surface area (Å²) >= 11 is 5.92. The lowest BCUT2D eigenvalue weighted by Gasteiger charge is -2.42. The Morgan fingerprint density at radius 3 is 2.45 bits per heavy atom. The van der Waals surface area contributed by atoms with E-state index in [4.69, 9.17) is 16.3 Å². The number of carbonyl (C=O) groups is 1. The minimum atomic E-state index is -0.121. The molecule has 1 aliphatic heterocycles. The predicted molar refractivity (Wildman–Crippen MR) is 81.1 cm³/mol. The minimum absolute atomic E-state index is 0.121. The van der Waals surface area contributed by atoms with Crippen LogP contribution >= 0.6 is 11.6 Å². The Hall–Kier alpha value is -1.26. The van der Waals surface area contributed by atoms with E-state index in [0.29, 0.717) is 6.42 Å². The second kappa shape index (κ2) is 6.46. The van der Waals surface area contributed by atoms with Gasteiger partial charge >= 0.3 is 5.97 Å². The first-order chi connectivity index (χ1) is 9.52. The van der Waals surface area contributed by atoms with E-state index in [1.54, 1.807) is 0 Å². The molecule has 0 amide bonds. The molecule has 0 unspecified atom stereocenters. The van der Waals surface area contributed by atoms with Crippen LogP contribution in [0.15, 0.2) is 24.3 Å². The van der Waals surface area contributed by atoms with Gasteiger partial charge < -0.3 is 14.1 Å². The molecule has 0 aliphatic carbocycles. The number of nitrogens with zero attached hydrogens (tertiary/aromatic N) is 2. The molecule has 20 heavy (non-hydrogen) atoms. The SMILES string of the molecule is COC(=O)CC[N+]1(C)CCN(c2ccc(Cl)cc2)CC1. The molecular weight excluding hydrogens is 276 g/mol. The molecule has 1 fully saturated rings. The molecule has 2 rings (SSSR count). The number of hydrogen-bond donors (Lipinski definition) is 0. The van der Waals surface area contributed by atoms with E-state index in [-0.39, 0.29) is 5.97 Å². The van der Waals surface area contributed by atoms with Crippen molar-refractivity contribution < 1.29 is 14.0 Å². The highest BCUT2D eigenvalue weighted by atomic mass is 35.5. The topological polar surface area (TPSA) is 29.5 Å². The Morgan fingerprint density at radius 1 is 1.30 bits per heavy atom. The van der Waals surface area contributed by atoms with Gasteiger partial charge in [0.05, 0.1) is 53.3 Å². The van der Waals surface area contributed by atoms with Crippen LogP contribution in [0.5, 0.6) is 0 Å². The Balaban J connectivity index is 1.88. The van der Waals surface area contributed by atoms with Crippen LogP contribution in [-0.2, 0) is 9.53 Å². The molecule has 0 atom stereocenters. The number of piperazine rings is 1. The molecular formula is C15H22ClN2O2+. The van der Waals surface area contributed by atoms with Crippen LogP contribution in [0.1, 0.15) is 6.42 Å². The van der Waals surface area contributed by atoms with Crippen LogP contribution in [-0.4, -0.2) is 57.3 Å². The molecule has 0 saturated carbocycles. The molecule has 0 N–H and O–H groups in total. The summed E-state index contributed by atoms with van der Waals surface area (Å²) in [6.07, 6.45) is 0.494. The van der Waals surface area contributed by atoms with E-state index < -0.39 is 0 Å². The monoisotopic (exact) mass is 297 g/mol. The zero-order valence-electron chi connectivity index (χ0n) is 12.1. The van der Waals surface area contributed by atoms with E-state index in [0.717, 1.165) is 42.2 Å². The van der Waals surface area contributed by atoms with Gasteiger partial charge in [-0.1, -0.05) is 11.6 Å². The zero-order valence-corrected chi connectivity index (χ0v) is 12.9. The first-order valence-electron chi connectivity index (χ1n) is 6.93. The van der Waals surface area contributed by atoms with Gasteiger partial charge in [-0.05, 0) is 24.3 Å². The Labute approximate surface area is 125 Å². The van der Waals surface area contributed by atoms with Crippen molar-refractivity contribution in [2.45, 2.75) is 6.42 Å². The Kier molecular flexibility index (Phi) is 4.89. The van der Waals surface area contributed by atoms with E-state index in [9.17, 15) is 4.79 Å². The summed E-state index contributed by atoms with van der Waals surface area (Å²) in [4.78, 5) is 13.6. The summed E-state index contributed by atoms with van der Waals surface area (Å²) < 4.78 is 5.65. The molecule has 5 heteroatoms. The summed E-state index contributed by atoms with van der Waals surface area (Å²) in [6, 6.07) is 7.98. The molecule has 1 heterocycles. The summed E-state index contributed by atoms with van der Waals surface area (Å²) in [7, 11) is 3.66. The number of likely N-dealkylation sites (N-methyl/N-ethyl adjacent to an activating group) is 1. The fourth-order valence-corrected chi connectivity index (χ4v) is 2.67. The van der Waals surface area contributed by atoms with Gasteiger partial charge in [0.2, 0.25) is 0 Å². The van der Waals surface area contributed by atoms with Crippen LogP contribution in [0.2, 0.25) is 5.02 Å². The van der Waals surface area contributed by atoms with Crippen LogP contribution < -0.4 is 4.90 Å². The number of esters is 1. The number of rotatable bonds is 4. The van der Waals surface area contributed by atoms with Crippen LogP contribution in [0, 0.1) is 0 Å². The van der Waals surface area contributed by atoms with Crippen molar-refractivity contribution in [2.24, 2.45) is 0 Å². The van der Waals surface area contributed by atoms with Gasteiger partial charge in [-0.2, -0.15) is 0 Å². The molecule has 110 valence electrons. The van der Waals surface area contributed by atoms with Gasteiger partial charge in [0.1, 0.15) is 0 Å². The molecule has 0 aromatic heterocycles. The molecule has 0 radical (unpaired) electrons. The second-order valence-corrected chi connectivity index (χ2v) is 6.02. The average Bonchev–Trinajstić information content (AvgIpc) is 2.47. The predicted octanol–water partition coefficient (Wildman–Crippen LogP) is 2.17. The van der Waals surface area contributed by atoms with Crippen molar-refractivity contribution in [3.63, 3.8) is 0 Å². The maximum absolute atomic E-state index is 11.3. The van der Waals surface area contributed by atoms with Crippen LogP contribution in [0.25, 0.3) is 0 Å². The standard InChI is InChI=1S/C15H22ClN2O2/c1-18(10-7-15(19)20-2)11-8-17(9-12-18)14-5-3-13(16)4-6-14/h3-6H,7-12H2,1-2H3/q+1. The number of halogens is 1. The van der Waals surface area contributed by atoms with Crippen LogP contribution in [0.3, 0.4) is 0 Å². The van der Waals surface area contributed by atoms with Gasteiger partial charge in [0.15, 0.2) is 0 Å². The van der Waals surface area contributed by atoms with Gasteiger partial charge in [-0.3, -0.25) is 4.79 Å². The molecule has 0 bridgehead atoms. The van der Waals surface area contributed by atoms with Crippen molar-refractivity contribution in [1.29, 1.82) is 0 Å². The van der Waals surface area contributed by atoms with Gasteiger partial charge in [0, 0.05) is 10.7 Å². The maximum atomic E-state index is 11.3. The first kappa shape index (κ1) is 15.1. The fourth-order valence-electron chi connectivity index (χ4n) is 2.54. The van der Waals surface area contributed by atoms with E-state index in [1.807, 2.05) is 12.1 Å². The lowest BCUT2D eigenvalue weighted by molar-refractivity contribution is -0.909. The van der Waals surface area contributed by atoms with Gasteiger partial charge in [-0.25, -0.2) is 0 Å². The maximum Gasteiger partial charge on any atom is 0.311 e. The smallest absolute Gasteiger partial charge is 0.311 e.